The molecule has 1 aromatic heterocycles. The van der Waals surface area contributed by atoms with Crippen LogP contribution in [-0.2, 0) is 0 Å². The molecule has 1 aliphatic rings. The van der Waals surface area contributed by atoms with E-state index in [0.717, 1.165) is 6.54 Å². The van der Waals surface area contributed by atoms with Crippen LogP contribution < -0.4 is 0 Å². The molecule has 1 fully saturated rings. The number of aromatic amines is 1. The summed E-state index contributed by atoms with van der Waals surface area (Å²) < 4.78 is 0. The first kappa shape index (κ1) is 12.3. The van der Waals surface area contributed by atoms with Crippen LogP contribution >= 0.6 is 0 Å². The molecule has 0 bridgehead atoms. The lowest BCUT2D eigenvalue weighted by molar-refractivity contribution is 0.0928. The molecule has 0 aromatic carbocycles. The molecule has 1 unspecified atom stereocenters. The van der Waals surface area contributed by atoms with Crippen LogP contribution in [0.15, 0.2) is 18.3 Å². The van der Waals surface area contributed by atoms with Crippen LogP contribution in [0.2, 0.25) is 0 Å². The SMILES string of the molecule is CN(CC(=O)c1ccc[nH]1)CC1CCCN1C. The molecular formula is C13H21N3O. The number of likely N-dealkylation sites (tertiary alicyclic amines) is 1. The van der Waals surface area contributed by atoms with E-state index in [1.807, 2.05) is 19.2 Å². The highest BCUT2D eigenvalue weighted by atomic mass is 16.1. The van der Waals surface area contributed by atoms with Gasteiger partial charge in [-0.1, -0.05) is 0 Å². The number of H-pyrrole nitrogens is 1. The summed E-state index contributed by atoms with van der Waals surface area (Å²) in [4.78, 5) is 19.3. The summed E-state index contributed by atoms with van der Waals surface area (Å²) in [5.41, 5.74) is 0.705. The quantitative estimate of drug-likeness (QED) is 0.780. The van der Waals surface area contributed by atoms with Gasteiger partial charge in [0.25, 0.3) is 0 Å². The minimum Gasteiger partial charge on any atom is -0.359 e. The summed E-state index contributed by atoms with van der Waals surface area (Å²) in [5.74, 6) is 0.165. The van der Waals surface area contributed by atoms with Crippen molar-refractivity contribution in [3.8, 4) is 0 Å². The van der Waals surface area contributed by atoms with Crippen molar-refractivity contribution in [1.29, 1.82) is 0 Å². The summed E-state index contributed by atoms with van der Waals surface area (Å²) in [7, 11) is 4.19. The number of nitrogens with one attached hydrogen (secondary N) is 1. The smallest absolute Gasteiger partial charge is 0.192 e. The van der Waals surface area contributed by atoms with E-state index >= 15 is 0 Å². The second-order valence-electron chi connectivity index (χ2n) is 4.98. The normalized spacial score (nSPS) is 21.2. The second-order valence-corrected chi connectivity index (χ2v) is 4.98. The molecule has 0 spiro atoms. The highest BCUT2D eigenvalue weighted by Crippen LogP contribution is 2.15. The van der Waals surface area contributed by atoms with Gasteiger partial charge in [-0.05, 0) is 45.6 Å². The molecule has 2 heterocycles. The van der Waals surface area contributed by atoms with Gasteiger partial charge in [0.2, 0.25) is 0 Å². The van der Waals surface area contributed by atoms with Gasteiger partial charge in [-0.3, -0.25) is 9.69 Å². The second kappa shape index (κ2) is 5.47. The summed E-state index contributed by atoms with van der Waals surface area (Å²) in [6.07, 6.45) is 4.31. The van der Waals surface area contributed by atoms with E-state index in [1.54, 1.807) is 6.20 Å². The highest BCUT2D eigenvalue weighted by molar-refractivity contribution is 5.95. The summed E-state index contributed by atoms with van der Waals surface area (Å²) in [6, 6.07) is 4.30. The minimum atomic E-state index is 0.165. The topological polar surface area (TPSA) is 39.3 Å². The fraction of sp³-hybridized carbons (Fsp3) is 0.615. The molecule has 4 nitrogen and oxygen atoms in total. The number of nitrogens with zero attached hydrogens (tertiary/aromatic N) is 2. The maximum absolute atomic E-state index is 11.9. The van der Waals surface area contributed by atoms with Gasteiger partial charge in [-0.2, -0.15) is 0 Å². The van der Waals surface area contributed by atoms with Gasteiger partial charge in [0.1, 0.15) is 0 Å². The fourth-order valence-corrected chi connectivity index (χ4v) is 2.47. The van der Waals surface area contributed by atoms with Gasteiger partial charge in [0, 0.05) is 18.8 Å². The third-order valence-corrected chi connectivity index (χ3v) is 3.51. The molecule has 4 heteroatoms. The molecular weight excluding hydrogens is 214 g/mol. The summed E-state index contributed by atoms with van der Waals surface area (Å²) >= 11 is 0. The van der Waals surface area contributed by atoms with E-state index in [-0.39, 0.29) is 5.78 Å². The first-order valence-electron chi connectivity index (χ1n) is 6.22. The summed E-state index contributed by atoms with van der Waals surface area (Å²) in [5, 5.41) is 0. The number of rotatable bonds is 5. The molecule has 0 aliphatic carbocycles. The van der Waals surface area contributed by atoms with Crippen LogP contribution in [-0.4, -0.2) is 60.3 Å². The Morgan fingerprint density at radius 2 is 2.47 bits per heavy atom. The molecule has 2 rings (SSSR count). The standard InChI is InChI=1S/C13H21N3O/c1-15(9-11-5-4-8-16(11)2)10-13(17)12-6-3-7-14-12/h3,6-7,11,14H,4-5,8-10H2,1-2H3. The van der Waals surface area contributed by atoms with E-state index < -0.39 is 0 Å². The first-order valence-corrected chi connectivity index (χ1v) is 6.22. The van der Waals surface area contributed by atoms with Crippen LogP contribution in [0.1, 0.15) is 23.3 Å². The number of Topliss-reactive ketones (excluding diaryl/α,β-unsaturated/α-hetero) is 1. The van der Waals surface area contributed by atoms with Gasteiger partial charge in [-0.15, -0.1) is 0 Å². The number of hydrogen-bond donors (Lipinski definition) is 1. The van der Waals surface area contributed by atoms with E-state index in [9.17, 15) is 4.79 Å². The monoisotopic (exact) mass is 235 g/mol. The lowest BCUT2D eigenvalue weighted by Gasteiger charge is -2.25. The maximum atomic E-state index is 11.9. The Morgan fingerprint density at radius 1 is 1.65 bits per heavy atom. The predicted molar refractivity (Wildman–Crippen MR) is 68.3 cm³/mol. The Labute approximate surface area is 103 Å². The summed E-state index contributed by atoms with van der Waals surface area (Å²) in [6.45, 7) is 2.65. The van der Waals surface area contributed by atoms with Crippen molar-refractivity contribution in [2.45, 2.75) is 18.9 Å². The maximum Gasteiger partial charge on any atom is 0.192 e. The van der Waals surface area contributed by atoms with Crippen LogP contribution in [0.3, 0.4) is 0 Å². The molecule has 0 radical (unpaired) electrons. The Balaban J connectivity index is 1.81. The number of likely N-dealkylation sites (N-methyl/N-ethyl adjacent to an activating group) is 2. The molecule has 0 amide bonds. The molecule has 1 aromatic rings. The van der Waals surface area contributed by atoms with Gasteiger partial charge in [0.15, 0.2) is 5.78 Å². The Hall–Kier alpha value is -1.13. The average Bonchev–Trinajstić information content (AvgIpc) is 2.90. The molecule has 0 saturated carbocycles. The average molecular weight is 235 g/mol. The van der Waals surface area contributed by atoms with Crippen molar-refractivity contribution in [3.05, 3.63) is 24.0 Å². The number of carbonyl (C=O) groups is 1. The number of hydrogen-bond acceptors (Lipinski definition) is 3. The molecule has 1 aliphatic heterocycles. The molecule has 1 atom stereocenters. The third-order valence-electron chi connectivity index (χ3n) is 3.51. The van der Waals surface area contributed by atoms with Crippen molar-refractivity contribution in [1.82, 2.24) is 14.8 Å². The Morgan fingerprint density at radius 3 is 3.06 bits per heavy atom. The van der Waals surface area contributed by atoms with Gasteiger partial charge < -0.3 is 9.88 Å². The van der Waals surface area contributed by atoms with Crippen molar-refractivity contribution < 1.29 is 4.79 Å². The van der Waals surface area contributed by atoms with Gasteiger partial charge in [0.05, 0.1) is 12.2 Å². The van der Waals surface area contributed by atoms with E-state index in [4.69, 9.17) is 0 Å². The molecule has 1 N–H and O–H groups in total. The Bertz CT molecular complexity index is 361. The number of ketones is 1. The van der Waals surface area contributed by atoms with E-state index in [1.165, 1.54) is 19.4 Å². The first-order chi connectivity index (χ1) is 8.16. The van der Waals surface area contributed by atoms with Crippen LogP contribution in [0.25, 0.3) is 0 Å². The van der Waals surface area contributed by atoms with Gasteiger partial charge in [-0.25, -0.2) is 0 Å². The molecule has 17 heavy (non-hydrogen) atoms. The molecule has 1 saturated heterocycles. The van der Waals surface area contributed by atoms with Crippen molar-refractivity contribution >= 4 is 5.78 Å². The van der Waals surface area contributed by atoms with Crippen molar-refractivity contribution in [2.75, 3.05) is 33.7 Å². The van der Waals surface area contributed by atoms with E-state index in [0.29, 0.717) is 18.3 Å². The zero-order chi connectivity index (χ0) is 12.3. The van der Waals surface area contributed by atoms with Crippen LogP contribution in [0, 0.1) is 0 Å². The van der Waals surface area contributed by atoms with Gasteiger partial charge >= 0.3 is 0 Å². The van der Waals surface area contributed by atoms with Crippen LogP contribution in [0.5, 0.6) is 0 Å². The Kier molecular flexibility index (Phi) is 3.97. The fourth-order valence-electron chi connectivity index (χ4n) is 2.47. The number of carbonyl (C=O) groups excluding carboxylic acids is 1. The van der Waals surface area contributed by atoms with Crippen molar-refractivity contribution in [3.63, 3.8) is 0 Å². The van der Waals surface area contributed by atoms with Crippen LogP contribution in [0.4, 0.5) is 0 Å². The van der Waals surface area contributed by atoms with Crippen molar-refractivity contribution in [2.24, 2.45) is 0 Å². The predicted octanol–water partition coefficient (Wildman–Crippen LogP) is 1.22. The number of aromatic nitrogens is 1. The third kappa shape index (κ3) is 3.17. The lowest BCUT2D eigenvalue weighted by Crippen LogP contribution is -2.38. The lowest BCUT2D eigenvalue weighted by atomic mass is 10.2. The zero-order valence-corrected chi connectivity index (χ0v) is 10.6. The zero-order valence-electron chi connectivity index (χ0n) is 10.6. The van der Waals surface area contributed by atoms with E-state index in [2.05, 4.69) is 21.8 Å². The largest absolute Gasteiger partial charge is 0.359 e. The highest BCUT2D eigenvalue weighted by Gasteiger charge is 2.22. The molecule has 94 valence electrons. The minimum absolute atomic E-state index is 0.165.